The van der Waals surface area contributed by atoms with Crippen molar-refractivity contribution >= 4 is 28.6 Å². The van der Waals surface area contributed by atoms with E-state index in [4.69, 9.17) is 14.2 Å². The van der Waals surface area contributed by atoms with Gasteiger partial charge in [-0.15, -0.1) is 0 Å². The predicted molar refractivity (Wildman–Crippen MR) is 108 cm³/mol. The zero-order chi connectivity index (χ0) is 20.5. The molecule has 0 bridgehead atoms. The van der Waals surface area contributed by atoms with Crippen LogP contribution >= 0.6 is 0 Å². The van der Waals surface area contributed by atoms with E-state index in [0.717, 1.165) is 53.4 Å². The number of rotatable bonds is 4. The highest BCUT2D eigenvalue weighted by Gasteiger charge is 2.27. The second kappa shape index (κ2) is 7.66. The smallest absolute Gasteiger partial charge is 0.339 e. The molecule has 150 valence electrons. The molecule has 2 aromatic heterocycles. The van der Waals surface area contributed by atoms with Crippen molar-refractivity contribution in [1.82, 2.24) is 10.1 Å². The highest BCUT2D eigenvalue weighted by molar-refractivity contribution is 6.06. The summed E-state index contributed by atoms with van der Waals surface area (Å²) in [6.45, 7) is 5.25. The van der Waals surface area contributed by atoms with Crippen LogP contribution in [0.3, 0.4) is 0 Å². The Bertz CT molecular complexity index is 1100. The Balaban J connectivity index is 1.63. The first-order chi connectivity index (χ1) is 13.9. The molecular formula is C22H23N3O4. The molecule has 1 amide bonds. The Morgan fingerprint density at radius 2 is 1.97 bits per heavy atom. The molecule has 1 aliphatic carbocycles. The molecule has 29 heavy (non-hydrogen) atoms. The molecule has 1 aromatic carbocycles. The third-order valence-corrected chi connectivity index (χ3v) is 5.15. The van der Waals surface area contributed by atoms with E-state index in [2.05, 4.69) is 10.5 Å². The van der Waals surface area contributed by atoms with E-state index in [9.17, 15) is 9.59 Å². The van der Waals surface area contributed by atoms with Gasteiger partial charge in [0, 0.05) is 17.1 Å². The molecule has 7 heteroatoms. The monoisotopic (exact) mass is 393 g/mol. The van der Waals surface area contributed by atoms with Crippen LogP contribution in [0.5, 0.6) is 0 Å². The SMILES string of the molecule is Cc1ccc2nc3c(c(C(=O)OC(C)C(=O)Nc4cc(C)on4)c2c1)CCCC3. The number of hydrogen-bond acceptors (Lipinski definition) is 6. The van der Waals surface area contributed by atoms with Gasteiger partial charge in [-0.1, -0.05) is 16.8 Å². The van der Waals surface area contributed by atoms with E-state index in [1.165, 1.54) is 0 Å². The van der Waals surface area contributed by atoms with Crippen molar-refractivity contribution in [3.63, 3.8) is 0 Å². The molecule has 0 spiro atoms. The molecule has 0 aliphatic heterocycles. The Labute approximate surface area is 168 Å². The van der Waals surface area contributed by atoms with Crippen molar-refractivity contribution in [2.24, 2.45) is 0 Å². The molecule has 0 fully saturated rings. The molecule has 2 heterocycles. The maximum Gasteiger partial charge on any atom is 0.339 e. The lowest BCUT2D eigenvalue weighted by atomic mass is 9.89. The van der Waals surface area contributed by atoms with Crippen LogP contribution in [0, 0.1) is 13.8 Å². The van der Waals surface area contributed by atoms with Crippen LogP contribution in [0.1, 0.15) is 52.7 Å². The van der Waals surface area contributed by atoms with Gasteiger partial charge in [-0.05, 0) is 64.2 Å². The number of fused-ring (bicyclic) bond motifs is 2. The quantitative estimate of drug-likeness (QED) is 0.676. The number of ether oxygens (including phenoxy) is 1. The number of amides is 1. The van der Waals surface area contributed by atoms with Gasteiger partial charge >= 0.3 is 5.97 Å². The molecular weight excluding hydrogens is 370 g/mol. The zero-order valence-corrected chi connectivity index (χ0v) is 16.7. The first kappa shape index (κ1) is 19.1. The fourth-order valence-corrected chi connectivity index (χ4v) is 3.70. The summed E-state index contributed by atoms with van der Waals surface area (Å²) in [6, 6.07) is 7.47. The zero-order valence-electron chi connectivity index (χ0n) is 16.7. The number of pyridine rings is 1. The highest BCUT2D eigenvalue weighted by atomic mass is 16.5. The van der Waals surface area contributed by atoms with Gasteiger partial charge in [0.2, 0.25) is 0 Å². The van der Waals surface area contributed by atoms with E-state index in [1.807, 2.05) is 25.1 Å². The van der Waals surface area contributed by atoms with Gasteiger partial charge in [-0.25, -0.2) is 4.79 Å². The van der Waals surface area contributed by atoms with Gasteiger partial charge in [0.05, 0.1) is 11.1 Å². The second-order valence-corrected chi connectivity index (χ2v) is 7.50. The molecule has 7 nitrogen and oxygen atoms in total. The molecule has 0 radical (unpaired) electrons. The second-order valence-electron chi connectivity index (χ2n) is 7.50. The van der Waals surface area contributed by atoms with Crippen LogP contribution in [0.25, 0.3) is 10.9 Å². The van der Waals surface area contributed by atoms with E-state index in [0.29, 0.717) is 11.3 Å². The number of carbonyl (C=O) groups excluding carboxylic acids is 2. The molecule has 1 N–H and O–H groups in total. The van der Waals surface area contributed by atoms with Gasteiger partial charge < -0.3 is 14.6 Å². The standard InChI is InChI=1S/C22H23N3O4/c1-12-8-9-18-16(10-12)20(15-6-4-5-7-17(15)23-18)22(27)28-14(3)21(26)24-19-11-13(2)29-25-19/h8-11,14H,4-7H2,1-3H3,(H,24,25,26). The molecule has 0 saturated carbocycles. The van der Waals surface area contributed by atoms with Crippen LogP contribution in [0.2, 0.25) is 0 Å². The maximum absolute atomic E-state index is 13.1. The summed E-state index contributed by atoms with van der Waals surface area (Å²) >= 11 is 0. The van der Waals surface area contributed by atoms with Crippen molar-refractivity contribution in [1.29, 1.82) is 0 Å². The highest BCUT2D eigenvalue weighted by Crippen LogP contribution is 2.30. The molecule has 1 atom stereocenters. The lowest BCUT2D eigenvalue weighted by molar-refractivity contribution is -0.123. The average molecular weight is 393 g/mol. The number of aromatic nitrogens is 2. The van der Waals surface area contributed by atoms with Crippen LogP contribution in [0.4, 0.5) is 5.82 Å². The molecule has 1 unspecified atom stereocenters. The van der Waals surface area contributed by atoms with Crippen molar-refractivity contribution in [2.75, 3.05) is 5.32 Å². The van der Waals surface area contributed by atoms with Crippen LogP contribution in [-0.4, -0.2) is 28.1 Å². The summed E-state index contributed by atoms with van der Waals surface area (Å²) < 4.78 is 10.5. The molecule has 3 aromatic rings. The van der Waals surface area contributed by atoms with Crippen molar-refractivity contribution in [3.8, 4) is 0 Å². The van der Waals surface area contributed by atoms with Crippen LogP contribution in [0.15, 0.2) is 28.8 Å². The van der Waals surface area contributed by atoms with Gasteiger partial charge in [0.25, 0.3) is 5.91 Å². The number of carbonyl (C=O) groups is 2. The fourth-order valence-electron chi connectivity index (χ4n) is 3.70. The molecule has 0 saturated heterocycles. The number of nitrogens with zero attached hydrogens (tertiary/aromatic N) is 2. The summed E-state index contributed by atoms with van der Waals surface area (Å²) in [6.07, 6.45) is 2.72. The minimum atomic E-state index is -0.980. The van der Waals surface area contributed by atoms with E-state index in [1.54, 1.807) is 19.9 Å². The molecule has 1 aliphatic rings. The number of esters is 1. The first-order valence-electron chi connectivity index (χ1n) is 9.79. The fraction of sp³-hybridized carbons (Fsp3) is 0.364. The van der Waals surface area contributed by atoms with Crippen molar-refractivity contribution in [2.45, 2.75) is 52.6 Å². The lowest BCUT2D eigenvalue weighted by Crippen LogP contribution is -2.30. The number of anilines is 1. The van der Waals surface area contributed by atoms with Crippen LogP contribution < -0.4 is 5.32 Å². The summed E-state index contributed by atoms with van der Waals surface area (Å²) in [4.78, 5) is 30.3. The third-order valence-electron chi connectivity index (χ3n) is 5.15. The lowest BCUT2D eigenvalue weighted by Gasteiger charge is -2.21. The van der Waals surface area contributed by atoms with E-state index < -0.39 is 18.0 Å². The number of aryl methyl sites for hydroxylation is 3. The predicted octanol–water partition coefficient (Wildman–Crippen LogP) is 3.90. The van der Waals surface area contributed by atoms with Gasteiger partial charge in [0.1, 0.15) is 5.76 Å². The van der Waals surface area contributed by atoms with Gasteiger partial charge in [-0.3, -0.25) is 9.78 Å². The Morgan fingerprint density at radius 1 is 1.17 bits per heavy atom. The minimum Gasteiger partial charge on any atom is -0.449 e. The van der Waals surface area contributed by atoms with Crippen molar-refractivity contribution < 1.29 is 18.8 Å². The number of nitrogens with one attached hydrogen (secondary N) is 1. The summed E-state index contributed by atoms with van der Waals surface area (Å²) in [5, 5.41) is 7.10. The number of hydrogen-bond donors (Lipinski definition) is 1. The third kappa shape index (κ3) is 3.85. The largest absolute Gasteiger partial charge is 0.449 e. The van der Waals surface area contributed by atoms with Gasteiger partial charge in [0.15, 0.2) is 11.9 Å². The number of benzene rings is 1. The topological polar surface area (TPSA) is 94.3 Å². The average Bonchev–Trinajstić information content (AvgIpc) is 3.10. The van der Waals surface area contributed by atoms with Crippen molar-refractivity contribution in [3.05, 3.63) is 52.4 Å². The summed E-state index contributed by atoms with van der Waals surface area (Å²) in [7, 11) is 0. The normalized spacial score (nSPS) is 14.3. The van der Waals surface area contributed by atoms with E-state index >= 15 is 0 Å². The van der Waals surface area contributed by atoms with E-state index in [-0.39, 0.29) is 5.82 Å². The summed E-state index contributed by atoms with van der Waals surface area (Å²) in [5.74, 6) is -0.0943. The first-order valence-corrected chi connectivity index (χ1v) is 9.79. The molecule has 4 rings (SSSR count). The van der Waals surface area contributed by atoms with Crippen LogP contribution in [-0.2, 0) is 22.4 Å². The minimum absolute atomic E-state index is 0.290. The Kier molecular flexibility index (Phi) is 5.05. The Morgan fingerprint density at radius 3 is 2.72 bits per heavy atom. The summed E-state index contributed by atoms with van der Waals surface area (Å²) in [5.41, 5.74) is 4.24. The Hall–Kier alpha value is -3.22. The van der Waals surface area contributed by atoms with Gasteiger partial charge in [-0.2, -0.15) is 0 Å². The maximum atomic E-state index is 13.1.